The summed E-state index contributed by atoms with van der Waals surface area (Å²) < 4.78 is 33.3. The lowest BCUT2D eigenvalue weighted by Gasteiger charge is -2.19. The zero-order valence-corrected chi connectivity index (χ0v) is 20.9. The van der Waals surface area contributed by atoms with Crippen LogP contribution in [0.1, 0.15) is 79.2 Å². The van der Waals surface area contributed by atoms with E-state index in [4.69, 9.17) is 10.5 Å². The third-order valence-corrected chi connectivity index (χ3v) is 6.21. The normalized spacial score (nSPS) is 14.1. The highest BCUT2D eigenvalue weighted by Crippen LogP contribution is 2.29. The molecule has 6 nitrogen and oxygen atoms in total. The first kappa shape index (κ1) is 27.0. The van der Waals surface area contributed by atoms with Crippen LogP contribution in [0.2, 0.25) is 0 Å². The lowest BCUT2D eigenvalue weighted by Crippen LogP contribution is -2.22. The first-order valence-corrected chi connectivity index (χ1v) is 12.1. The number of carbonyl (C=O) groups is 2. The van der Waals surface area contributed by atoms with Gasteiger partial charge in [0, 0.05) is 25.2 Å². The maximum absolute atomic E-state index is 13.5. The Morgan fingerprint density at radius 1 is 1.08 bits per heavy atom. The van der Waals surface area contributed by atoms with Crippen molar-refractivity contribution in [3.63, 3.8) is 0 Å². The molecule has 1 aromatic heterocycles. The number of primary amides is 1. The van der Waals surface area contributed by atoms with Crippen LogP contribution in [0, 0.1) is 5.92 Å². The highest BCUT2D eigenvalue weighted by Gasteiger charge is 2.26. The molecule has 36 heavy (non-hydrogen) atoms. The van der Waals surface area contributed by atoms with Gasteiger partial charge in [-0.15, -0.1) is 0 Å². The highest BCUT2D eigenvalue weighted by atomic mass is 19.3. The predicted octanol–water partition coefficient (Wildman–Crippen LogP) is 5.93. The summed E-state index contributed by atoms with van der Waals surface area (Å²) in [5.74, 6) is -0.170. The molecule has 0 atom stereocenters. The fourth-order valence-electron chi connectivity index (χ4n) is 4.35. The molecule has 0 unspecified atom stereocenters. The molecule has 2 aromatic carbocycles. The molecule has 1 heterocycles. The number of hydrogen-bond donors (Lipinski definition) is 1. The molecule has 0 spiro atoms. The van der Waals surface area contributed by atoms with E-state index in [0.29, 0.717) is 18.1 Å². The Labute approximate surface area is 209 Å². The van der Waals surface area contributed by atoms with Crippen molar-refractivity contribution in [2.45, 2.75) is 65.5 Å². The van der Waals surface area contributed by atoms with Crippen molar-refractivity contribution in [3.05, 3.63) is 75.6 Å². The Balaban J connectivity index is 0.000000444. The van der Waals surface area contributed by atoms with Crippen LogP contribution in [0.25, 0.3) is 10.9 Å². The quantitative estimate of drug-likeness (QED) is 0.427. The number of nitrogens with zero attached hydrogens (tertiary/aromatic N) is 1. The summed E-state index contributed by atoms with van der Waals surface area (Å²) in [5, 5.41) is 0.0909. The topological polar surface area (TPSA) is 91.4 Å². The SMILES string of the molecule is CC(=O)c1cn(Cc2ccc(C(N)=O)cc2)c2c(OC(C)(F)F)cccc2c1=O.CC1CCCCC1. The zero-order chi connectivity index (χ0) is 26.5. The Morgan fingerprint density at radius 3 is 2.22 bits per heavy atom. The molecule has 1 fully saturated rings. The van der Waals surface area contributed by atoms with Gasteiger partial charge >= 0.3 is 6.11 Å². The van der Waals surface area contributed by atoms with E-state index in [1.165, 1.54) is 80.1 Å². The Hall–Kier alpha value is -3.55. The Bertz CT molecular complexity index is 1290. The van der Waals surface area contributed by atoms with Crippen molar-refractivity contribution in [3.8, 4) is 5.75 Å². The molecular formula is C28H32F2N2O4. The van der Waals surface area contributed by atoms with Gasteiger partial charge in [0.25, 0.3) is 0 Å². The van der Waals surface area contributed by atoms with E-state index in [0.717, 1.165) is 5.92 Å². The minimum absolute atomic E-state index is 0.0633. The Kier molecular flexibility index (Phi) is 8.61. The average molecular weight is 499 g/mol. The molecule has 0 radical (unpaired) electrons. The largest absolute Gasteiger partial charge is 0.431 e. The second kappa shape index (κ2) is 11.5. The van der Waals surface area contributed by atoms with Gasteiger partial charge in [-0.2, -0.15) is 8.78 Å². The number of alkyl halides is 2. The molecule has 0 saturated heterocycles. The minimum Gasteiger partial charge on any atom is -0.431 e. The van der Waals surface area contributed by atoms with Crippen molar-refractivity contribution in [1.82, 2.24) is 4.57 Å². The number of nitrogens with two attached hydrogens (primary N) is 1. The van der Waals surface area contributed by atoms with Crippen LogP contribution in [-0.4, -0.2) is 22.4 Å². The van der Waals surface area contributed by atoms with Gasteiger partial charge in [0.15, 0.2) is 17.0 Å². The van der Waals surface area contributed by atoms with Gasteiger partial charge < -0.3 is 15.0 Å². The summed E-state index contributed by atoms with van der Waals surface area (Å²) in [6, 6.07) is 10.6. The van der Waals surface area contributed by atoms with Crippen molar-refractivity contribution in [2.24, 2.45) is 11.7 Å². The fraction of sp³-hybridized carbons (Fsp3) is 0.393. The fourth-order valence-corrected chi connectivity index (χ4v) is 4.35. The van der Waals surface area contributed by atoms with E-state index >= 15 is 0 Å². The highest BCUT2D eigenvalue weighted by molar-refractivity contribution is 5.98. The number of amides is 1. The van der Waals surface area contributed by atoms with Gasteiger partial charge in [0.1, 0.15) is 0 Å². The molecular weight excluding hydrogens is 466 g/mol. The summed E-state index contributed by atoms with van der Waals surface area (Å²) in [6.07, 6.45) is 5.31. The van der Waals surface area contributed by atoms with Crippen LogP contribution < -0.4 is 15.9 Å². The summed E-state index contributed by atoms with van der Waals surface area (Å²) in [4.78, 5) is 35.9. The first-order chi connectivity index (χ1) is 17.0. The summed E-state index contributed by atoms with van der Waals surface area (Å²) in [7, 11) is 0. The standard InChI is InChI=1S/C21H18F2N2O4.C7H14/c1-12(26)16-11-25(10-13-6-8-14(9-7-13)20(24)28)18-15(19(16)27)4-3-5-17(18)29-21(2,22)23;1-7-5-3-2-4-6-7/h3-9,11H,10H2,1-2H3,(H2,24,28);7H,2-6H2,1H3. The number of ether oxygens (including phenoxy) is 1. The molecule has 2 N–H and O–H groups in total. The van der Waals surface area contributed by atoms with Gasteiger partial charge in [0.2, 0.25) is 5.91 Å². The lowest BCUT2D eigenvalue weighted by atomic mass is 9.91. The maximum Gasteiger partial charge on any atom is 0.394 e. The lowest BCUT2D eigenvalue weighted by molar-refractivity contribution is -0.158. The number of halogens is 2. The molecule has 1 amide bonds. The number of fused-ring (bicyclic) bond motifs is 1. The first-order valence-electron chi connectivity index (χ1n) is 12.1. The Morgan fingerprint density at radius 2 is 1.72 bits per heavy atom. The van der Waals surface area contributed by atoms with Crippen LogP contribution in [-0.2, 0) is 6.54 Å². The number of ketones is 1. The molecule has 0 aliphatic heterocycles. The molecule has 192 valence electrons. The van der Waals surface area contributed by atoms with Crippen molar-refractivity contribution in [2.75, 3.05) is 0 Å². The number of rotatable bonds is 6. The monoisotopic (exact) mass is 498 g/mol. The number of aromatic nitrogens is 1. The van der Waals surface area contributed by atoms with Gasteiger partial charge in [-0.05, 0) is 42.7 Å². The van der Waals surface area contributed by atoms with E-state index in [-0.39, 0.29) is 28.8 Å². The minimum atomic E-state index is -3.46. The molecule has 1 saturated carbocycles. The zero-order valence-electron chi connectivity index (χ0n) is 20.9. The number of para-hydroxylation sites is 1. The molecule has 3 aromatic rings. The number of benzene rings is 2. The number of Topliss-reactive ketones (excluding diaryl/α,β-unsaturated/α-hetero) is 1. The molecule has 1 aliphatic rings. The predicted molar refractivity (Wildman–Crippen MR) is 136 cm³/mol. The second-order valence-electron chi connectivity index (χ2n) is 9.42. The van der Waals surface area contributed by atoms with Crippen molar-refractivity contribution in [1.29, 1.82) is 0 Å². The van der Waals surface area contributed by atoms with Crippen LogP contribution >= 0.6 is 0 Å². The molecule has 0 bridgehead atoms. The number of carbonyl (C=O) groups excluding carboxylic acids is 2. The van der Waals surface area contributed by atoms with Gasteiger partial charge in [-0.3, -0.25) is 14.4 Å². The van der Waals surface area contributed by atoms with E-state index in [1.807, 2.05) is 0 Å². The van der Waals surface area contributed by atoms with E-state index in [1.54, 1.807) is 12.1 Å². The van der Waals surface area contributed by atoms with E-state index in [9.17, 15) is 23.2 Å². The van der Waals surface area contributed by atoms with Crippen LogP contribution in [0.3, 0.4) is 0 Å². The van der Waals surface area contributed by atoms with E-state index in [2.05, 4.69) is 6.92 Å². The van der Waals surface area contributed by atoms with Crippen molar-refractivity contribution < 1.29 is 23.1 Å². The smallest absolute Gasteiger partial charge is 0.394 e. The van der Waals surface area contributed by atoms with Crippen LogP contribution in [0.5, 0.6) is 5.75 Å². The maximum atomic E-state index is 13.5. The van der Waals surface area contributed by atoms with Gasteiger partial charge in [-0.1, -0.05) is 57.2 Å². The summed E-state index contributed by atoms with van der Waals surface area (Å²) in [6.45, 7) is 4.36. The van der Waals surface area contributed by atoms with Crippen LogP contribution in [0.15, 0.2) is 53.5 Å². The molecule has 1 aliphatic carbocycles. The van der Waals surface area contributed by atoms with Gasteiger partial charge in [-0.25, -0.2) is 0 Å². The summed E-state index contributed by atoms with van der Waals surface area (Å²) in [5.41, 5.74) is 5.77. The number of pyridine rings is 1. The number of hydrogen-bond acceptors (Lipinski definition) is 4. The van der Waals surface area contributed by atoms with Crippen LogP contribution in [0.4, 0.5) is 8.78 Å². The van der Waals surface area contributed by atoms with Gasteiger partial charge in [0.05, 0.1) is 16.5 Å². The second-order valence-corrected chi connectivity index (χ2v) is 9.42. The molecule has 8 heteroatoms. The average Bonchev–Trinajstić information content (AvgIpc) is 2.81. The summed E-state index contributed by atoms with van der Waals surface area (Å²) >= 11 is 0. The third kappa shape index (κ3) is 6.99. The molecule has 4 rings (SSSR count). The van der Waals surface area contributed by atoms with E-state index < -0.39 is 23.2 Å². The van der Waals surface area contributed by atoms with Crippen molar-refractivity contribution >= 4 is 22.6 Å². The third-order valence-electron chi connectivity index (χ3n) is 6.21.